The molecule has 1 saturated carbocycles. The van der Waals surface area contributed by atoms with Gasteiger partial charge in [0.15, 0.2) is 0 Å². The number of aryl methyl sites for hydroxylation is 1. The Hall–Kier alpha value is -1.35. The van der Waals surface area contributed by atoms with Crippen LogP contribution in [0.25, 0.3) is 0 Å². The standard InChI is InChI=1S/C18H26N2O/c1-2-15-5-3-4-6-17(15)19-18(21)13-14-9-11-20(12-10-14)16-7-8-16/h3-6,14,16H,2,7-13H2,1H3,(H,19,21). The molecular formula is C18H26N2O. The van der Waals surface area contributed by atoms with E-state index < -0.39 is 0 Å². The van der Waals surface area contributed by atoms with E-state index >= 15 is 0 Å². The molecule has 114 valence electrons. The van der Waals surface area contributed by atoms with Gasteiger partial charge in [-0.2, -0.15) is 0 Å². The van der Waals surface area contributed by atoms with Gasteiger partial charge >= 0.3 is 0 Å². The highest BCUT2D eigenvalue weighted by atomic mass is 16.1. The van der Waals surface area contributed by atoms with Crippen LogP contribution >= 0.6 is 0 Å². The fourth-order valence-electron chi connectivity index (χ4n) is 3.38. The Bertz CT molecular complexity index is 488. The van der Waals surface area contributed by atoms with E-state index in [9.17, 15) is 4.79 Å². The molecule has 0 aromatic heterocycles. The first-order valence-electron chi connectivity index (χ1n) is 8.38. The van der Waals surface area contributed by atoms with Gasteiger partial charge < -0.3 is 10.2 Å². The number of anilines is 1. The van der Waals surface area contributed by atoms with Gasteiger partial charge in [0.2, 0.25) is 5.91 Å². The minimum atomic E-state index is 0.181. The number of nitrogens with zero attached hydrogens (tertiary/aromatic N) is 1. The van der Waals surface area contributed by atoms with Crippen LogP contribution in [0.2, 0.25) is 0 Å². The summed E-state index contributed by atoms with van der Waals surface area (Å²) < 4.78 is 0. The summed E-state index contributed by atoms with van der Waals surface area (Å²) in [5.41, 5.74) is 2.20. The molecule has 3 nitrogen and oxygen atoms in total. The zero-order chi connectivity index (χ0) is 14.7. The third-order valence-electron chi connectivity index (χ3n) is 4.86. The molecule has 1 aliphatic carbocycles. The average Bonchev–Trinajstić information content (AvgIpc) is 3.33. The lowest BCUT2D eigenvalue weighted by Gasteiger charge is -2.31. The highest BCUT2D eigenvalue weighted by Gasteiger charge is 2.32. The molecule has 1 aromatic carbocycles. The first kappa shape index (κ1) is 14.6. The van der Waals surface area contributed by atoms with Crippen molar-refractivity contribution in [3.63, 3.8) is 0 Å². The number of rotatable bonds is 5. The normalized spacial score (nSPS) is 20.4. The number of nitrogens with one attached hydrogen (secondary N) is 1. The van der Waals surface area contributed by atoms with Crippen LogP contribution in [-0.4, -0.2) is 29.9 Å². The van der Waals surface area contributed by atoms with Gasteiger partial charge in [-0.15, -0.1) is 0 Å². The third-order valence-corrected chi connectivity index (χ3v) is 4.86. The molecule has 2 fully saturated rings. The van der Waals surface area contributed by atoms with E-state index in [1.165, 1.54) is 44.3 Å². The molecule has 0 radical (unpaired) electrons. The Morgan fingerprint density at radius 2 is 1.90 bits per heavy atom. The molecule has 0 bridgehead atoms. The van der Waals surface area contributed by atoms with Gasteiger partial charge in [-0.05, 0) is 62.7 Å². The Labute approximate surface area is 127 Å². The van der Waals surface area contributed by atoms with Gasteiger partial charge in [-0.3, -0.25) is 4.79 Å². The Morgan fingerprint density at radius 1 is 1.19 bits per heavy atom. The maximum absolute atomic E-state index is 12.3. The van der Waals surface area contributed by atoms with Crippen LogP contribution in [-0.2, 0) is 11.2 Å². The third kappa shape index (κ3) is 3.85. The molecule has 3 rings (SSSR count). The van der Waals surface area contributed by atoms with Gasteiger partial charge in [0.25, 0.3) is 0 Å². The number of amides is 1. The fourth-order valence-corrected chi connectivity index (χ4v) is 3.38. The molecule has 1 aliphatic heterocycles. The van der Waals surface area contributed by atoms with E-state index in [0.717, 1.165) is 18.2 Å². The topological polar surface area (TPSA) is 32.3 Å². The maximum atomic E-state index is 12.3. The summed E-state index contributed by atoms with van der Waals surface area (Å²) >= 11 is 0. The lowest BCUT2D eigenvalue weighted by atomic mass is 9.93. The molecule has 1 heterocycles. The Morgan fingerprint density at radius 3 is 2.57 bits per heavy atom. The summed E-state index contributed by atoms with van der Waals surface area (Å²) in [5, 5.41) is 3.10. The van der Waals surface area contributed by atoms with E-state index in [1.807, 2.05) is 18.2 Å². The number of benzene rings is 1. The molecule has 3 heteroatoms. The summed E-state index contributed by atoms with van der Waals surface area (Å²) in [7, 11) is 0. The summed E-state index contributed by atoms with van der Waals surface area (Å²) in [4.78, 5) is 14.9. The van der Waals surface area contributed by atoms with Crippen LogP contribution in [0, 0.1) is 5.92 Å². The monoisotopic (exact) mass is 286 g/mol. The molecule has 0 unspecified atom stereocenters. The van der Waals surface area contributed by atoms with Crippen molar-refractivity contribution in [2.75, 3.05) is 18.4 Å². The van der Waals surface area contributed by atoms with E-state index in [0.29, 0.717) is 12.3 Å². The predicted molar refractivity (Wildman–Crippen MR) is 86.4 cm³/mol. The molecule has 21 heavy (non-hydrogen) atoms. The lowest BCUT2D eigenvalue weighted by Crippen LogP contribution is -2.36. The second kappa shape index (κ2) is 6.61. The van der Waals surface area contributed by atoms with Gasteiger partial charge in [0, 0.05) is 18.2 Å². The van der Waals surface area contributed by atoms with Crippen LogP contribution in [0.15, 0.2) is 24.3 Å². The van der Waals surface area contributed by atoms with Gasteiger partial charge in [0.05, 0.1) is 0 Å². The summed E-state index contributed by atoms with van der Waals surface area (Å²) in [6.07, 6.45) is 6.77. The second-order valence-corrected chi connectivity index (χ2v) is 6.47. The van der Waals surface area contributed by atoms with Crippen molar-refractivity contribution in [1.29, 1.82) is 0 Å². The predicted octanol–water partition coefficient (Wildman–Crippen LogP) is 3.45. The van der Waals surface area contributed by atoms with E-state index in [4.69, 9.17) is 0 Å². The molecule has 0 spiro atoms. The van der Waals surface area contributed by atoms with E-state index in [2.05, 4.69) is 23.2 Å². The van der Waals surface area contributed by atoms with Crippen molar-refractivity contribution in [2.45, 2.75) is 51.5 Å². The van der Waals surface area contributed by atoms with Gasteiger partial charge in [-0.1, -0.05) is 25.1 Å². The lowest BCUT2D eigenvalue weighted by molar-refractivity contribution is -0.117. The maximum Gasteiger partial charge on any atom is 0.224 e. The van der Waals surface area contributed by atoms with Crippen molar-refractivity contribution in [3.05, 3.63) is 29.8 Å². The minimum Gasteiger partial charge on any atom is -0.326 e. The Kier molecular flexibility index (Phi) is 4.59. The van der Waals surface area contributed by atoms with Crippen molar-refractivity contribution in [1.82, 2.24) is 4.90 Å². The molecule has 1 saturated heterocycles. The van der Waals surface area contributed by atoms with Crippen LogP contribution in [0.3, 0.4) is 0 Å². The van der Waals surface area contributed by atoms with Crippen molar-refractivity contribution < 1.29 is 4.79 Å². The first-order chi connectivity index (χ1) is 10.3. The largest absolute Gasteiger partial charge is 0.326 e. The van der Waals surface area contributed by atoms with Crippen LogP contribution in [0.4, 0.5) is 5.69 Å². The van der Waals surface area contributed by atoms with E-state index in [-0.39, 0.29) is 5.91 Å². The second-order valence-electron chi connectivity index (χ2n) is 6.47. The molecule has 2 aliphatic rings. The molecule has 1 aromatic rings. The smallest absolute Gasteiger partial charge is 0.224 e. The SMILES string of the molecule is CCc1ccccc1NC(=O)CC1CCN(C2CC2)CC1. The highest BCUT2D eigenvalue weighted by Crippen LogP contribution is 2.31. The number of likely N-dealkylation sites (tertiary alicyclic amines) is 1. The van der Waals surface area contributed by atoms with Crippen molar-refractivity contribution >= 4 is 11.6 Å². The summed E-state index contributed by atoms with van der Waals surface area (Å²) in [5.74, 6) is 0.745. The average molecular weight is 286 g/mol. The summed E-state index contributed by atoms with van der Waals surface area (Å²) in [6, 6.07) is 8.98. The number of piperidine rings is 1. The van der Waals surface area contributed by atoms with Gasteiger partial charge in [-0.25, -0.2) is 0 Å². The molecular weight excluding hydrogens is 260 g/mol. The number of hydrogen-bond acceptors (Lipinski definition) is 2. The number of carbonyl (C=O) groups is 1. The molecule has 0 atom stereocenters. The number of carbonyl (C=O) groups excluding carboxylic acids is 1. The zero-order valence-corrected chi connectivity index (χ0v) is 13.0. The zero-order valence-electron chi connectivity index (χ0n) is 13.0. The van der Waals surface area contributed by atoms with Gasteiger partial charge in [0.1, 0.15) is 0 Å². The van der Waals surface area contributed by atoms with Crippen LogP contribution in [0.1, 0.15) is 44.6 Å². The summed E-state index contributed by atoms with van der Waals surface area (Å²) in [6.45, 7) is 4.50. The van der Waals surface area contributed by atoms with Crippen molar-refractivity contribution in [2.24, 2.45) is 5.92 Å². The Balaban J connectivity index is 1.48. The number of hydrogen-bond donors (Lipinski definition) is 1. The van der Waals surface area contributed by atoms with Crippen LogP contribution in [0.5, 0.6) is 0 Å². The van der Waals surface area contributed by atoms with Crippen molar-refractivity contribution in [3.8, 4) is 0 Å². The minimum absolute atomic E-state index is 0.181. The first-order valence-corrected chi connectivity index (χ1v) is 8.38. The quantitative estimate of drug-likeness (QED) is 0.899. The number of para-hydroxylation sites is 1. The highest BCUT2D eigenvalue weighted by molar-refractivity contribution is 5.91. The van der Waals surface area contributed by atoms with E-state index in [1.54, 1.807) is 0 Å². The molecule has 1 amide bonds. The fraction of sp³-hybridized carbons (Fsp3) is 0.611. The molecule has 1 N–H and O–H groups in total. The van der Waals surface area contributed by atoms with Crippen LogP contribution < -0.4 is 5.32 Å².